The van der Waals surface area contributed by atoms with Crippen molar-refractivity contribution in [2.75, 3.05) is 0 Å². The molecule has 0 N–H and O–H groups in total. The Hall–Kier alpha value is -2.66. The molecule has 0 aliphatic heterocycles. The van der Waals surface area contributed by atoms with Crippen LogP contribution in [-0.4, -0.2) is 0 Å². The molecule has 104 valence electrons. The molecule has 0 spiro atoms. The van der Waals surface area contributed by atoms with E-state index in [0.29, 0.717) is 5.56 Å². The van der Waals surface area contributed by atoms with Gasteiger partial charge in [0.1, 0.15) is 0 Å². The fourth-order valence-corrected chi connectivity index (χ4v) is 1.91. The van der Waals surface area contributed by atoms with Gasteiger partial charge in [-0.15, -0.1) is 0 Å². The van der Waals surface area contributed by atoms with Crippen LogP contribution in [0.1, 0.15) is 16.7 Å². The Kier molecular flexibility index (Phi) is 4.68. The highest BCUT2D eigenvalue weighted by Crippen LogP contribution is 2.18. The summed E-state index contributed by atoms with van der Waals surface area (Å²) in [6.45, 7) is 5.67. The zero-order valence-electron chi connectivity index (χ0n) is 11.7. The van der Waals surface area contributed by atoms with Crippen molar-refractivity contribution in [3.63, 3.8) is 0 Å². The van der Waals surface area contributed by atoms with Crippen molar-refractivity contribution < 1.29 is 8.78 Å². The Balaban J connectivity index is 2.41. The Bertz CT molecular complexity index is 759. The SMILES string of the molecule is C=C/C=C(/C#Cc1ccc(F)c(F)c1)c1ccccc1C. The smallest absolute Gasteiger partial charge is 0.160 e. The summed E-state index contributed by atoms with van der Waals surface area (Å²) in [7, 11) is 0. The Morgan fingerprint density at radius 3 is 2.52 bits per heavy atom. The molecule has 0 fully saturated rings. The van der Waals surface area contributed by atoms with E-state index in [2.05, 4.69) is 18.4 Å². The van der Waals surface area contributed by atoms with E-state index in [1.54, 1.807) is 12.2 Å². The lowest BCUT2D eigenvalue weighted by atomic mass is 10.0. The van der Waals surface area contributed by atoms with Gasteiger partial charge in [0.15, 0.2) is 11.6 Å². The quantitative estimate of drug-likeness (QED) is 0.542. The lowest BCUT2D eigenvalue weighted by Crippen LogP contribution is -1.87. The molecule has 0 aliphatic carbocycles. The summed E-state index contributed by atoms with van der Waals surface area (Å²) < 4.78 is 26.1. The number of halogens is 2. The Labute approximate surface area is 123 Å². The van der Waals surface area contributed by atoms with Crippen LogP contribution in [0.2, 0.25) is 0 Å². The van der Waals surface area contributed by atoms with Crippen molar-refractivity contribution in [3.8, 4) is 11.8 Å². The molecule has 0 bridgehead atoms. The lowest BCUT2D eigenvalue weighted by Gasteiger charge is -2.03. The fraction of sp³-hybridized carbons (Fsp3) is 0.0526. The highest BCUT2D eigenvalue weighted by atomic mass is 19.2. The summed E-state index contributed by atoms with van der Waals surface area (Å²) >= 11 is 0. The summed E-state index contributed by atoms with van der Waals surface area (Å²) in [4.78, 5) is 0. The summed E-state index contributed by atoms with van der Waals surface area (Å²) in [6, 6.07) is 11.5. The molecular formula is C19H14F2. The van der Waals surface area contributed by atoms with Gasteiger partial charge in [-0.3, -0.25) is 0 Å². The van der Waals surface area contributed by atoms with Gasteiger partial charge in [-0.1, -0.05) is 48.8 Å². The van der Waals surface area contributed by atoms with E-state index in [4.69, 9.17) is 0 Å². The molecule has 2 heteroatoms. The van der Waals surface area contributed by atoms with Crippen LogP contribution in [0.4, 0.5) is 8.78 Å². The van der Waals surface area contributed by atoms with E-state index in [0.717, 1.165) is 28.8 Å². The summed E-state index contributed by atoms with van der Waals surface area (Å²) in [5.74, 6) is 4.07. The summed E-state index contributed by atoms with van der Waals surface area (Å²) in [6.07, 6.45) is 3.46. The molecule has 21 heavy (non-hydrogen) atoms. The fourth-order valence-electron chi connectivity index (χ4n) is 1.91. The highest BCUT2D eigenvalue weighted by Gasteiger charge is 2.02. The third-order valence-corrected chi connectivity index (χ3v) is 2.98. The first-order valence-corrected chi connectivity index (χ1v) is 6.47. The van der Waals surface area contributed by atoms with Gasteiger partial charge in [0, 0.05) is 11.1 Å². The first-order valence-electron chi connectivity index (χ1n) is 6.47. The molecule has 0 aromatic heterocycles. The zero-order chi connectivity index (χ0) is 15.2. The molecule has 0 heterocycles. The van der Waals surface area contributed by atoms with Gasteiger partial charge < -0.3 is 0 Å². The molecule has 2 aromatic rings. The molecule has 2 rings (SSSR count). The van der Waals surface area contributed by atoms with Crippen molar-refractivity contribution in [1.82, 2.24) is 0 Å². The Morgan fingerprint density at radius 2 is 1.86 bits per heavy atom. The maximum Gasteiger partial charge on any atom is 0.160 e. The van der Waals surface area contributed by atoms with Gasteiger partial charge >= 0.3 is 0 Å². The van der Waals surface area contributed by atoms with Gasteiger partial charge in [0.05, 0.1) is 0 Å². The van der Waals surface area contributed by atoms with E-state index >= 15 is 0 Å². The van der Waals surface area contributed by atoms with Crippen LogP contribution in [0.3, 0.4) is 0 Å². The van der Waals surface area contributed by atoms with Crippen LogP contribution in [0.15, 0.2) is 61.2 Å². The van der Waals surface area contributed by atoms with Crippen molar-refractivity contribution >= 4 is 5.57 Å². The number of benzene rings is 2. The van der Waals surface area contributed by atoms with E-state index < -0.39 is 11.6 Å². The van der Waals surface area contributed by atoms with Crippen LogP contribution < -0.4 is 0 Å². The van der Waals surface area contributed by atoms with E-state index in [9.17, 15) is 8.78 Å². The number of rotatable bonds is 2. The highest BCUT2D eigenvalue weighted by molar-refractivity contribution is 5.82. The topological polar surface area (TPSA) is 0 Å². The molecule has 0 saturated carbocycles. The first-order chi connectivity index (χ1) is 10.1. The molecule has 0 unspecified atom stereocenters. The zero-order valence-corrected chi connectivity index (χ0v) is 11.7. The molecule has 0 aliphatic rings. The second-order valence-electron chi connectivity index (χ2n) is 4.51. The number of hydrogen-bond donors (Lipinski definition) is 0. The molecule has 2 aromatic carbocycles. The first kappa shape index (κ1) is 14.7. The molecular weight excluding hydrogens is 266 g/mol. The van der Waals surface area contributed by atoms with Crippen LogP contribution in [-0.2, 0) is 0 Å². The van der Waals surface area contributed by atoms with E-state index in [1.165, 1.54) is 6.07 Å². The number of allylic oxidation sites excluding steroid dienone is 3. The van der Waals surface area contributed by atoms with Crippen molar-refractivity contribution in [2.45, 2.75) is 6.92 Å². The summed E-state index contributed by atoms with van der Waals surface area (Å²) in [5, 5.41) is 0. The van der Waals surface area contributed by atoms with Gasteiger partial charge in [0.2, 0.25) is 0 Å². The minimum absolute atomic E-state index is 0.428. The molecule has 0 atom stereocenters. The summed E-state index contributed by atoms with van der Waals surface area (Å²) in [5.41, 5.74) is 3.29. The third-order valence-electron chi connectivity index (χ3n) is 2.98. The number of aryl methyl sites for hydroxylation is 1. The second kappa shape index (κ2) is 6.67. The van der Waals surface area contributed by atoms with Crippen molar-refractivity contribution in [2.24, 2.45) is 0 Å². The molecule has 0 radical (unpaired) electrons. The monoisotopic (exact) mass is 280 g/mol. The van der Waals surface area contributed by atoms with E-state index in [-0.39, 0.29) is 0 Å². The molecule has 0 nitrogen and oxygen atoms in total. The minimum atomic E-state index is -0.896. The van der Waals surface area contributed by atoms with Crippen LogP contribution in [0.25, 0.3) is 5.57 Å². The molecule has 0 saturated heterocycles. The second-order valence-corrected chi connectivity index (χ2v) is 4.51. The lowest BCUT2D eigenvalue weighted by molar-refractivity contribution is 0.508. The molecule has 0 amide bonds. The van der Waals surface area contributed by atoms with Crippen LogP contribution in [0, 0.1) is 30.4 Å². The minimum Gasteiger partial charge on any atom is -0.204 e. The standard InChI is InChI=1S/C19H14F2/c1-3-6-16(17-8-5-4-7-14(17)2)11-9-15-10-12-18(20)19(21)13-15/h3-8,10,12-13H,1H2,2H3/b16-6-. The van der Waals surface area contributed by atoms with Crippen LogP contribution >= 0.6 is 0 Å². The van der Waals surface area contributed by atoms with Crippen molar-refractivity contribution in [1.29, 1.82) is 0 Å². The largest absolute Gasteiger partial charge is 0.204 e. The third kappa shape index (κ3) is 3.67. The van der Waals surface area contributed by atoms with Gasteiger partial charge in [-0.2, -0.15) is 0 Å². The van der Waals surface area contributed by atoms with Gasteiger partial charge in [0.25, 0.3) is 0 Å². The van der Waals surface area contributed by atoms with Gasteiger partial charge in [-0.05, 0) is 42.3 Å². The van der Waals surface area contributed by atoms with E-state index in [1.807, 2.05) is 31.2 Å². The Morgan fingerprint density at radius 1 is 1.10 bits per heavy atom. The maximum absolute atomic E-state index is 13.2. The predicted octanol–water partition coefficient (Wildman–Crippen LogP) is 4.89. The van der Waals surface area contributed by atoms with Crippen molar-refractivity contribution in [3.05, 3.63) is 89.5 Å². The average Bonchev–Trinajstić information content (AvgIpc) is 2.48. The average molecular weight is 280 g/mol. The predicted molar refractivity (Wildman–Crippen MR) is 82.6 cm³/mol. The maximum atomic E-state index is 13.2. The normalized spacial score (nSPS) is 10.7. The van der Waals surface area contributed by atoms with Crippen LogP contribution in [0.5, 0.6) is 0 Å². The number of hydrogen-bond acceptors (Lipinski definition) is 0. The van der Waals surface area contributed by atoms with Gasteiger partial charge in [-0.25, -0.2) is 8.78 Å².